The topological polar surface area (TPSA) is 40.7 Å². The van der Waals surface area contributed by atoms with Gasteiger partial charge in [0.15, 0.2) is 0 Å². The molecule has 142 valence electrons. The molecule has 2 N–H and O–H groups in total. The van der Waals surface area contributed by atoms with Gasteiger partial charge in [0.05, 0.1) is 17.5 Å². The van der Waals surface area contributed by atoms with E-state index in [4.69, 9.17) is 0 Å². The summed E-state index contributed by atoms with van der Waals surface area (Å²) in [6, 6.07) is 8.46. The van der Waals surface area contributed by atoms with Crippen molar-refractivity contribution >= 4 is 0 Å². The van der Waals surface area contributed by atoms with Crippen LogP contribution in [0.2, 0.25) is 0 Å². The Morgan fingerprint density at radius 2 is 1.70 bits per heavy atom. The van der Waals surface area contributed by atoms with Crippen LogP contribution in [0.25, 0.3) is 11.3 Å². The van der Waals surface area contributed by atoms with Gasteiger partial charge in [0.2, 0.25) is 0 Å². The molecule has 0 spiro atoms. The molecule has 0 aliphatic carbocycles. The quantitative estimate of drug-likeness (QED) is 0.605. The highest BCUT2D eigenvalue weighted by Crippen LogP contribution is 2.30. The van der Waals surface area contributed by atoms with Gasteiger partial charge in [-0.3, -0.25) is 5.10 Å². The zero-order valence-electron chi connectivity index (χ0n) is 14.9. The molecule has 1 aromatic heterocycles. The fourth-order valence-corrected chi connectivity index (χ4v) is 2.81. The predicted octanol–water partition coefficient (Wildman–Crippen LogP) is 5.14. The number of hydrogen-bond donors (Lipinski definition) is 2. The van der Waals surface area contributed by atoms with E-state index in [-0.39, 0.29) is 12.1 Å². The number of aromatic amines is 1. The summed E-state index contributed by atoms with van der Waals surface area (Å²) in [6.07, 6.45) is -2.84. The fourth-order valence-electron chi connectivity index (χ4n) is 2.81. The maximum absolute atomic E-state index is 13.8. The Morgan fingerprint density at radius 3 is 2.41 bits per heavy atom. The molecule has 0 saturated heterocycles. The van der Waals surface area contributed by atoms with E-state index in [1.54, 1.807) is 6.20 Å². The Kier molecular flexibility index (Phi) is 5.32. The molecule has 3 nitrogen and oxygen atoms in total. The van der Waals surface area contributed by atoms with Gasteiger partial charge >= 0.3 is 6.18 Å². The highest BCUT2D eigenvalue weighted by Gasteiger charge is 2.31. The lowest BCUT2D eigenvalue weighted by atomic mass is 10.0. The van der Waals surface area contributed by atoms with Gasteiger partial charge in [0.1, 0.15) is 5.82 Å². The molecule has 3 aromatic rings. The molecule has 27 heavy (non-hydrogen) atoms. The maximum Gasteiger partial charge on any atom is 0.416 e. The first-order valence-electron chi connectivity index (χ1n) is 8.42. The van der Waals surface area contributed by atoms with Crippen LogP contribution in [-0.2, 0) is 19.3 Å². The van der Waals surface area contributed by atoms with E-state index >= 15 is 0 Å². The molecule has 0 aliphatic rings. The van der Waals surface area contributed by atoms with Crippen LogP contribution >= 0.6 is 0 Å². The highest BCUT2D eigenvalue weighted by atomic mass is 19.4. The van der Waals surface area contributed by atoms with Crippen molar-refractivity contribution < 1.29 is 17.6 Å². The van der Waals surface area contributed by atoms with E-state index in [1.807, 2.05) is 32.0 Å². The smallest absolute Gasteiger partial charge is 0.308 e. The van der Waals surface area contributed by atoms with Crippen LogP contribution in [0.5, 0.6) is 0 Å². The summed E-state index contributed by atoms with van der Waals surface area (Å²) in [5.41, 5.74) is 4.09. The number of alkyl halides is 3. The second-order valence-corrected chi connectivity index (χ2v) is 6.48. The van der Waals surface area contributed by atoms with Crippen molar-refractivity contribution in [3.8, 4) is 11.3 Å². The number of rotatable bonds is 5. The van der Waals surface area contributed by atoms with Gasteiger partial charge in [-0.05, 0) is 49.2 Å². The third-order valence-electron chi connectivity index (χ3n) is 4.52. The second-order valence-electron chi connectivity index (χ2n) is 6.48. The number of halogens is 4. The van der Waals surface area contributed by atoms with Crippen molar-refractivity contribution in [2.45, 2.75) is 33.1 Å². The maximum atomic E-state index is 13.8. The standard InChI is InChI=1S/C20H19F4N3/c1-12-3-4-14(7-13(12)2)19-16(11-26-27-19)10-25-9-15-8-17(20(22,23)24)5-6-18(15)21/h3-8,11,25H,9-10H2,1-2H3,(H,26,27). The Hall–Kier alpha value is -2.67. The molecule has 0 unspecified atom stereocenters. The number of nitrogens with zero attached hydrogens (tertiary/aromatic N) is 1. The Labute approximate surface area is 154 Å². The number of nitrogens with one attached hydrogen (secondary N) is 2. The lowest BCUT2D eigenvalue weighted by Crippen LogP contribution is -2.15. The van der Waals surface area contributed by atoms with Gasteiger partial charge in [-0.15, -0.1) is 0 Å². The van der Waals surface area contributed by atoms with Crippen molar-refractivity contribution in [3.63, 3.8) is 0 Å². The minimum atomic E-state index is -4.50. The zero-order valence-corrected chi connectivity index (χ0v) is 14.9. The Morgan fingerprint density at radius 1 is 0.963 bits per heavy atom. The SMILES string of the molecule is Cc1ccc(-c2[nH]ncc2CNCc2cc(C(F)(F)F)ccc2F)cc1C. The average molecular weight is 377 g/mol. The van der Waals surface area contributed by atoms with Gasteiger partial charge < -0.3 is 5.32 Å². The molecule has 0 bridgehead atoms. The van der Waals surface area contributed by atoms with E-state index in [1.165, 1.54) is 5.56 Å². The van der Waals surface area contributed by atoms with Crippen LogP contribution in [0.15, 0.2) is 42.6 Å². The molecular formula is C20H19F4N3. The minimum Gasteiger partial charge on any atom is -0.308 e. The summed E-state index contributed by atoms with van der Waals surface area (Å²) in [4.78, 5) is 0. The van der Waals surface area contributed by atoms with E-state index < -0.39 is 17.6 Å². The second kappa shape index (κ2) is 7.52. The zero-order chi connectivity index (χ0) is 19.6. The number of benzene rings is 2. The molecule has 0 fully saturated rings. The van der Waals surface area contributed by atoms with Gasteiger partial charge in [-0.25, -0.2) is 4.39 Å². The number of H-pyrrole nitrogens is 1. The Bertz CT molecular complexity index is 945. The summed E-state index contributed by atoms with van der Waals surface area (Å²) in [5, 5.41) is 9.99. The van der Waals surface area contributed by atoms with Crippen molar-refractivity contribution in [1.82, 2.24) is 15.5 Å². The van der Waals surface area contributed by atoms with Crippen LogP contribution in [0.1, 0.15) is 27.8 Å². The van der Waals surface area contributed by atoms with E-state index in [0.717, 1.165) is 40.6 Å². The average Bonchev–Trinajstić information content (AvgIpc) is 3.06. The van der Waals surface area contributed by atoms with Crippen LogP contribution < -0.4 is 5.32 Å². The van der Waals surface area contributed by atoms with Gasteiger partial charge in [-0.2, -0.15) is 18.3 Å². The normalized spacial score (nSPS) is 11.8. The van der Waals surface area contributed by atoms with E-state index in [2.05, 4.69) is 15.5 Å². The van der Waals surface area contributed by atoms with Crippen molar-refractivity contribution in [1.29, 1.82) is 0 Å². The first-order valence-corrected chi connectivity index (χ1v) is 8.42. The molecule has 7 heteroatoms. The predicted molar refractivity (Wildman–Crippen MR) is 95.4 cm³/mol. The molecule has 0 amide bonds. The molecule has 3 rings (SSSR count). The van der Waals surface area contributed by atoms with Gasteiger partial charge in [0.25, 0.3) is 0 Å². The van der Waals surface area contributed by atoms with E-state index in [0.29, 0.717) is 6.54 Å². The molecular weight excluding hydrogens is 358 g/mol. The third kappa shape index (κ3) is 4.36. The summed E-state index contributed by atoms with van der Waals surface area (Å²) in [7, 11) is 0. The number of hydrogen-bond acceptors (Lipinski definition) is 2. The lowest BCUT2D eigenvalue weighted by molar-refractivity contribution is -0.137. The number of aryl methyl sites for hydroxylation is 2. The summed E-state index contributed by atoms with van der Waals surface area (Å²) in [5.74, 6) is -0.669. The first-order chi connectivity index (χ1) is 12.8. The van der Waals surface area contributed by atoms with Crippen LogP contribution in [0, 0.1) is 19.7 Å². The van der Waals surface area contributed by atoms with Gasteiger partial charge in [0, 0.05) is 29.8 Å². The lowest BCUT2D eigenvalue weighted by Gasteiger charge is -2.11. The monoisotopic (exact) mass is 377 g/mol. The molecule has 0 saturated carbocycles. The van der Waals surface area contributed by atoms with Gasteiger partial charge in [-0.1, -0.05) is 12.1 Å². The van der Waals surface area contributed by atoms with Crippen molar-refractivity contribution in [2.24, 2.45) is 0 Å². The summed E-state index contributed by atoms with van der Waals surface area (Å²) >= 11 is 0. The molecule has 1 heterocycles. The first kappa shape index (κ1) is 19.1. The van der Waals surface area contributed by atoms with Crippen molar-refractivity contribution in [2.75, 3.05) is 0 Å². The summed E-state index contributed by atoms with van der Waals surface area (Å²) < 4.78 is 52.2. The van der Waals surface area contributed by atoms with Crippen LogP contribution in [0.4, 0.5) is 17.6 Å². The highest BCUT2D eigenvalue weighted by molar-refractivity contribution is 5.64. The molecule has 0 atom stereocenters. The number of aromatic nitrogens is 2. The fraction of sp³-hybridized carbons (Fsp3) is 0.250. The van der Waals surface area contributed by atoms with Crippen molar-refractivity contribution in [3.05, 3.63) is 76.2 Å². The minimum absolute atomic E-state index is 0.0205. The van der Waals surface area contributed by atoms with Crippen LogP contribution in [-0.4, -0.2) is 10.2 Å². The molecule has 0 aliphatic heterocycles. The van der Waals surface area contributed by atoms with E-state index in [9.17, 15) is 17.6 Å². The molecule has 0 radical (unpaired) electrons. The summed E-state index contributed by atoms with van der Waals surface area (Å²) in [6.45, 7) is 4.36. The largest absolute Gasteiger partial charge is 0.416 e. The van der Waals surface area contributed by atoms with Crippen LogP contribution in [0.3, 0.4) is 0 Å². The molecule has 2 aromatic carbocycles. The Balaban J connectivity index is 1.72. The third-order valence-corrected chi connectivity index (χ3v) is 4.52.